The zero-order valence-corrected chi connectivity index (χ0v) is 22.3. The molecule has 35 heavy (non-hydrogen) atoms. The smallest absolute Gasteiger partial charge is 0.413 e. The van der Waals surface area contributed by atoms with E-state index in [4.69, 9.17) is 9.72 Å². The van der Waals surface area contributed by atoms with E-state index in [1.807, 2.05) is 34.9 Å². The zero-order chi connectivity index (χ0) is 25.3. The third-order valence-corrected chi connectivity index (χ3v) is 6.21. The number of amides is 1. The number of halogens is 1. The average Bonchev–Trinajstić information content (AvgIpc) is 3.14. The number of rotatable bonds is 5. The molecule has 184 valence electrons. The first-order valence-corrected chi connectivity index (χ1v) is 12.0. The van der Waals surface area contributed by atoms with Crippen molar-refractivity contribution in [2.45, 2.75) is 39.2 Å². The second-order valence-corrected chi connectivity index (χ2v) is 9.96. The summed E-state index contributed by atoms with van der Waals surface area (Å²) in [6.07, 6.45) is 4.03. The van der Waals surface area contributed by atoms with Crippen molar-refractivity contribution in [1.82, 2.24) is 24.7 Å². The maximum absolute atomic E-state index is 12.9. The SMILES string of the molecule is COC(=O)Nc1nc2c(I)nn(Cc3nc(C(C)(C)C)c(C4=CCN=CC4)cc3OC)c2c(=O)[nH]1. The highest BCUT2D eigenvalue weighted by molar-refractivity contribution is 14.1. The monoisotopic (exact) mass is 591 g/mol. The summed E-state index contributed by atoms with van der Waals surface area (Å²) in [5, 5.41) is 6.89. The summed E-state index contributed by atoms with van der Waals surface area (Å²) in [6, 6.07) is 2.01. The number of nitrogens with zero attached hydrogens (tertiary/aromatic N) is 5. The fourth-order valence-corrected chi connectivity index (χ4v) is 4.50. The lowest BCUT2D eigenvalue weighted by atomic mass is 9.84. The van der Waals surface area contributed by atoms with E-state index in [0.717, 1.165) is 23.3 Å². The molecular weight excluding hydrogens is 565 g/mol. The molecule has 0 aromatic carbocycles. The number of aromatic amines is 1. The molecule has 0 fully saturated rings. The number of pyridine rings is 1. The van der Waals surface area contributed by atoms with Gasteiger partial charge in [-0.05, 0) is 34.2 Å². The zero-order valence-electron chi connectivity index (χ0n) is 20.1. The number of ether oxygens (including phenoxy) is 2. The van der Waals surface area contributed by atoms with Gasteiger partial charge in [-0.2, -0.15) is 5.10 Å². The number of hydrogen-bond acceptors (Lipinski definition) is 8. The Balaban J connectivity index is 1.81. The molecule has 3 aromatic rings. The first-order chi connectivity index (χ1) is 16.6. The average molecular weight is 591 g/mol. The highest BCUT2D eigenvalue weighted by Crippen LogP contribution is 2.35. The lowest BCUT2D eigenvalue weighted by molar-refractivity contribution is 0.186. The summed E-state index contributed by atoms with van der Waals surface area (Å²) in [7, 11) is 2.82. The van der Waals surface area contributed by atoms with Gasteiger partial charge >= 0.3 is 6.09 Å². The highest BCUT2D eigenvalue weighted by atomic mass is 127. The minimum absolute atomic E-state index is 0.0220. The minimum Gasteiger partial charge on any atom is -0.495 e. The number of aliphatic imine (C=N–C) groups is 1. The number of aromatic nitrogens is 5. The molecule has 0 saturated carbocycles. The number of carbonyl (C=O) groups is 1. The molecule has 0 saturated heterocycles. The molecule has 11 nitrogen and oxygen atoms in total. The van der Waals surface area contributed by atoms with Gasteiger partial charge in [-0.25, -0.2) is 9.78 Å². The predicted octanol–water partition coefficient (Wildman–Crippen LogP) is 3.51. The molecule has 2 N–H and O–H groups in total. The van der Waals surface area contributed by atoms with Gasteiger partial charge in [-0.3, -0.25) is 29.8 Å². The summed E-state index contributed by atoms with van der Waals surface area (Å²) >= 11 is 2.01. The number of hydrogen-bond donors (Lipinski definition) is 2. The van der Waals surface area contributed by atoms with Crippen LogP contribution in [0.3, 0.4) is 0 Å². The van der Waals surface area contributed by atoms with Crippen LogP contribution in [-0.4, -0.2) is 57.8 Å². The van der Waals surface area contributed by atoms with E-state index in [0.29, 0.717) is 27.2 Å². The Morgan fingerprint density at radius 1 is 1.29 bits per heavy atom. The van der Waals surface area contributed by atoms with Crippen molar-refractivity contribution in [3.63, 3.8) is 0 Å². The molecule has 1 aliphatic heterocycles. The standard InChI is InChI=1S/C23H26IN7O4/c1-23(2,3)18-13(12-6-8-25-9-7-12)10-15(34-4)14(26-18)11-31-17-16(19(24)30-31)27-21(28-20(17)32)29-22(33)35-5/h6,9-10H,7-8,11H2,1-5H3,(H2,27,28,29,32,33). The van der Waals surface area contributed by atoms with E-state index in [-0.39, 0.29) is 23.4 Å². The fraction of sp³-hybridized carbons (Fsp3) is 0.391. The van der Waals surface area contributed by atoms with Crippen LogP contribution < -0.4 is 15.6 Å². The van der Waals surface area contributed by atoms with Crippen molar-refractivity contribution in [1.29, 1.82) is 0 Å². The van der Waals surface area contributed by atoms with Crippen LogP contribution >= 0.6 is 22.6 Å². The van der Waals surface area contributed by atoms with E-state index >= 15 is 0 Å². The molecule has 12 heteroatoms. The Kier molecular flexibility index (Phi) is 6.92. The summed E-state index contributed by atoms with van der Waals surface area (Å²) in [4.78, 5) is 40.6. The van der Waals surface area contributed by atoms with Gasteiger partial charge in [0.15, 0.2) is 5.52 Å². The van der Waals surface area contributed by atoms with Crippen LogP contribution in [0.5, 0.6) is 5.75 Å². The molecule has 1 amide bonds. The van der Waals surface area contributed by atoms with E-state index in [1.54, 1.807) is 11.8 Å². The van der Waals surface area contributed by atoms with Gasteiger partial charge in [0.25, 0.3) is 5.56 Å². The topological polar surface area (TPSA) is 136 Å². The lowest BCUT2D eigenvalue weighted by Gasteiger charge is -2.25. The normalized spacial score (nSPS) is 13.6. The second-order valence-electron chi connectivity index (χ2n) is 8.94. The van der Waals surface area contributed by atoms with Crippen molar-refractivity contribution in [2.75, 3.05) is 26.1 Å². The molecule has 0 bridgehead atoms. The van der Waals surface area contributed by atoms with E-state index in [2.05, 4.69) is 57.0 Å². The summed E-state index contributed by atoms with van der Waals surface area (Å²) in [5.41, 5.74) is 3.70. The number of H-pyrrole nitrogens is 1. The highest BCUT2D eigenvalue weighted by Gasteiger charge is 2.26. The molecule has 0 radical (unpaired) electrons. The predicted molar refractivity (Wildman–Crippen MR) is 141 cm³/mol. The third-order valence-electron chi connectivity index (χ3n) is 5.48. The van der Waals surface area contributed by atoms with Gasteiger partial charge in [0.05, 0.1) is 33.0 Å². The van der Waals surface area contributed by atoms with Crippen LogP contribution in [0.2, 0.25) is 0 Å². The molecule has 1 aliphatic rings. The van der Waals surface area contributed by atoms with Crippen LogP contribution in [0.1, 0.15) is 44.1 Å². The Morgan fingerprint density at radius 3 is 2.69 bits per heavy atom. The van der Waals surface area contributed by atoms with Crippen LogP contribution in [0, 0.1) is 3.70 Å². The van der Waals surface area contributed by atoms with Crippen LogP contribution in [0.4, 0.5) is 10.7 Å². The Morgan fingerprint density at radius 2 is 2.06 bits per heavy atom. The van der Waals surface area contributed by atoms with Crippen LogP contribution in [0.25, 0.3) is 16.6 Å². The molecular formula is C23H26IN7O4. The molecule has 0 spiro atoms. The molecule has 0 unspecified atom stereocenters. The molecule has 4 rings (SSSR count). The van der Waals surface area contributed by atoms with Crippen LogP contribution in [-0.2, 0) is 16.7 Å². The van der Waals surface area contributed by atoms with Gasteiger partial charge < -0.3 is 9.47 Å². The first-order valence-electron chi connectivity index (χ1n) is 10.9. The quantitative estimate of drug-likeness (QED) is 0.434. The van der Waals surface area contributed by atoms with Crippen molar-refractivity contribution in [3.05, 3.63) is 43.1 Å². The van der Waals surface area contributed by atoms with E-state index in [1.165, 1.54) is 7.11 Å². The molecule has 3 aromatic heterocycles. The fourth-order valence-electron chi connectivity index (χ4n) is 3.86. The third kappa shape index (κ3) is 5.06. The van der Waals surface area contributed by atoms with E-state index < -0.39 is 11.7 Å². The van der Waals surface area contributed by atoms with Gasteiger partial charge in [-0.1, -0.05) is 26.8 Å². The van der Waals surface area contributed by atoms with Crippen molar-refractivity contribution < 1.29 is 14.3 Å². The summed E-state index contributed by atoms with van der Waals surface area (Å²) in [6.45, 7) is 7.18. The Labute approximate surface area is 215 Å². The second kappa shape index (κ2) is 9.76. The lowest BCUT2D eigenvalue weighted by Crippen LogP contribution is -2.21. The van der Waals surface area contributed by atoms with Crippen LogP contribution in [0.15, 0.2) is 21.9 Å². The van der Waals surface area contributed by atoms with Crippen molar-refractivity contribution >= 4 is 57.5 Å². The molecule has 4 heterocycles. The number of nitrogens with one attached hydrogen (secondary N) is 2. The maximum atomic E-state index is 12.9. The Hall–Kier alpha value is -3.29. The number of anilines is 1. The Bertz CT molecular complexity index is 1420. The summed E-state index contributed by atoms with van der Waals surface area (Å²) in [5.74, 6) is 0.578. The number of fused-ring (bicyclic) bond motifs is 1. The van der Waals surface area contributed by atoms with Gasteiger partial charge in [0.2, 0.25) is 5.95 Å². The first kappa shape index (κ1) is 24.8. The van der Waals surface area contributed by atoms with Gasteiger partial charge in [-0.15, -0.1) is 0 Å². The largest absolute Gasteiger partial charge is 0.495 e. The number of dihydropyridines is 1. The molecule has 0 aliphatic carbocycles. The number of methoxy groups -OCH3 is 2. The van der Waals surface area contributed by atoms with Gasteiger partial charge in [0, 0.05) is 23.6 Å². The maximum Gasteiger partial charge on any atom is 0.413 e. The van der Waals surface area contributed by atoms with Crippen molar-refractivity contribution in [3.8, 4) is 5.75 Å². The van der Waals surface area contributed by atoms with E-state index in [9.17, 15) is 9.59 Å². The minimum atomic E-state index is -0.738. The number of allylic oxidation sites excluding steroid dienone is 1. The number of carbonyl (C=O) groups excluding carboxylic acids is 1. The summed E-state index contributed by atoms with van der Waals surface area (Å²) < 4.78 is 12.3. The van der Waals surface area contributed by atoms with Gasteiger partial charge in [0.1, 0.15) is 20.7 Å². The molecule has 0 atom stereocenters. The van der Waals surface area contributed by atoms with Crippen molar-refractivity contribution in [2.24, 2.45) is 4.99 Å².